The number of hydrogen-bond donors (Lipinski definition) is 2. The Morgan fingerprint density at radius 1 is 1.08 bits per heavy atom. The molecule has 1 aliphatic heterocycles. The molecule has 1 saturated heterocycles. The number of fused-ring (bicyclic) bond motifs is 1. The first-order valence-corrected chi connectivity index (χ1v) is 8.66. The molecule has 2 heterocycles. The van der Waals surface area contributed by atoms with Crippen molar-refractivity contribution in [3.05, 3.63) is 80.6 Å². The number of nitrogens with one attached hydrogen (secondary N) is 2. The van der Waals surface area contributed by atoms with Gasteiger partial charge in [0.05, 0.1) is 6.04 Å². The number of carbonyl (C=O) groups is 1. The van der Waals surface area contributed by atoms with Crippen LogP contribution in [0, 0.1) is 0 Å². The smallest absolute Gasteiger partial charge is 0.251 e. The Labute approximate surface area is 149 Å². The highest BCUT2D eigenvalue weighted by atomic mass is 35.5. The molecular formula is C20H17ClN2O2. The average Bonchev–Trinajstić information content (AvgIpc) is 3.02. The van der Waals surface area contributed by atoms with Crippen LogP contribution in [0.1, 0.15) is 35.6 Å². The van der Waals surface area contributed by atoms with E-state index < -0.39 is 0 Å². The molecule has 2 N–H and O–H groups in total. The third-order valence-corrected chi connectivity index (χ3v) is 4.99. The Morgan fingerprint density at radius 2 is 1.92 bits per heavy atom. The minimum Gasteiger partial charge on any atom is -0.349 e. The van der Waals surface area contributed by atoms with Gasteiger partial charge in [0.2, 0.25) is 5.91 Å². The molecule has 1 fully saturated rings. The van der Waals surface area contributed by atoms with E-state index >= 15 is 0 Å². The fourth-order valence-electron chi connectivity index (χ4n) is 3.35. The molecule has 1 atom stereocenters. The topological polar surface area (TPSA) is 62.0 Å². The Hall–Kier alpha value is -2.59. The lowest BCUT2D eigenvalue weighted by molar-refractivity contribution is -0.119. The molecule has 0 radical (unpaired) electrons. The summed E-state index contributed by atoms with van der Waals surface area (Å²) in [5, 5.41) is 4.57. The molecule has 4 nitrogen and oxygen atoms in total. The lowest BCUT2D eigenvalue weighted by Crippen LogP contribution is -2.18. The van der Waals surface area contributed by atoms with Gasteiger partial charge >= 0.3 is 0 Å². The van der Waals surface area contributed by atoms with Crippen molar-refractivity contribution in [2.75, 3.05) is 0 Å². The van der Waals surface area contributed by atoms with Gasteiger partial charge in [-0.3, -0.25) is 9.59 Å². The molecule has 0 bridgehead atoms. The first-order valence-electron chi connectivity index (χ1n) is 8.29. The highest BCUT2D eigenvalue weighted by Crippen LogP contribution is 2.30. The Balaban J connectivity index is 1.63. The third kappa shape index (κ3) is 3.17. The number of aromatic nitrogens is 1. The third-order valence-electron chi connectivity index (χ3n) is 4.66. The van der Waals surface area contributed by atoms with Crippen molar-refractivity contribution in [3.63, 3.8) is 0 Å². The summed E-state index contributed by atoms with van der Waals surface area (Å²) < 4.78 is 0. The highest BCUT2D eigenvalue weighted by Gasteiger charge is 2.24. The molecule has 0 aliphatic carbocycles. The van der Waals surface area contributed by atoms with Crippen LogP contribution < -0.4 is 10.9 Å². The molecule has 2 aromatic carbocycles. The van der Waals surface area contributed by atoms with Crippen LogP contribution in [-0.4, -0.2) is 10.9 Å². The second-order valence-electron chi connectivity index (χ2n) is 6.40. The summed E-state index contributed by atoms with van der Waals surface area (Å²) in [6.07, 6.45) is 1.81. The van der Waals surface area contributed by atoms with Gasteiger partial charge in [0, 0.05) is 28.9 Å². The summed E-state index contributed by atoms with van der Waals surface area (Å²) in [5.41, 5.74) is 3.36. The van der Waals surface area contributed by atoms with Crippen LogP contribution in [0.2, 0.25) is 5.02 Å². The van der Waals surface area contributed by atoms with Gasteiger partial charge in [-0.25, -0.2) is 0 Å². The van der Waals surface area contributed by atoms with Gasteiger partial charge in [0.1, 0.15) is 0 Å². The monoisotopic (exact) mass is 352 g/mol. The average molecular weight is 353 g/mol. The lowest BCUT2D eigenvalue weighted by atomic mass is 9.99. The molecule has 1 unspecified atom stereocenters. The lowest BCUT2D eigenvalue weighted by Gasteiger charge is -2.13. The molecule has 0 spiro atoms. The second kappa shape index (κ2) is 6.37. The SMILES string of the molecule is O=C1CCC(c2ccc(Cc3cc4ccccc4[nH]c3=O)cc2Cl)N1. The van der Waals surface area contributed by atoms with E-state index in [9.17, 15) is 9.59 Å². The standard InChI is InChI=1S/C20H17ClN2O2/c21-16-10-12(5-6-15(16)18-7-8-19(24)22-18)9-14-11-13-3-1-2-4-17(13)23-20(14)25/h1-6,10-11,18H,7-9H2,(H,22,24)(H,23,25). The zero-order chi connectivity index (χ0) is 17.4. The number of para-hydroxylation sites is 1. The predicted octanol–water partition coefficient (Wildman–Crippen LogP) is 3.72. The number of pyridine rings is 1. The number of carbonyl (C=O) groups excluding carboxylic acids is 1. The van der Waals surface area contributed by atoms with Crippen molar-refractivity contribution in [1.82, 2.24) is 10.3 Å². The molecule has 1 aromatic heterocycles. The van der Waals surface area contributed by atoms with Crippen molar-refractivity contribution in [1.29, 1.82) is 0 Å². The predicted molar refractivity (Wildman–Crippen MR) is 98.9 cm³/mol. The van der Waals surface area contributed by atoms with Gasteiger partial charge in [-0.15, -0.1) is 0 Å². The van der Waals surface area contributed by atoms with E-state index in [0.29, 0.717) is 23.4 Å². The van der Waals surface area contributed by atoms with Crippen molar-refractivity contribution in [2.45, 2.75) is 25.3 Å². The normalized spacial score (nSPS) is 17.0. The Bertz CT molecular complexity index is 1030. The van der Waals surface area contributed by atoms with Crippen LogP contribution in [0.4, 0.5) is 0 Å². The van der Waals surface area contributed by atoms with Crippen LogP contribution >= 0.6 is 11.6 Å². The van der Waals surface area contributed by atoms with Gasteiger partial charge in [-0.2, -0.15) is 0 Å². The van der Waals surface area contributed by atoms with Gasteiger partial charge < -0.3 is 10.3 Å². The minimum absolute atomic E-state index is 0.0156. The minimum atomic E-state index is -0.0815. The molecule has 0 saturated carbocycles. The maximum Gasteiger partial charge on any atom is 0.251 e. The van der Waals surface area contributed by atoms with Gasteiger partial charge in [-0.05, 0) is 41.1 Å². The molecular weight excluding hydrogens is 336 g/mol. The molecule has 5 heteroatoms. The largest absolute Gasteiger partial charge is 0.349 e. The zero-order valence-corrected chi connectivity index (χ0v) is 14.3. The van der Waals surface area contributed by atoms with Crippen molar-refractivity contribution in [3.8, 4) is 0 Å². The summed E-state index contributed by atoms with van der Waals surface area (Å²) in [5.74, 6) is 0.0628. The van der Waals surface area contributed by atoms with E-state index in [0.717, 1.165) is 28.5 Å². The molecule has 1 amide bonds. The second-order valence-corrected chi connectivity index (χ2v) is 6.81. The van der Waals surface area contributed by atoms with Crippen LogP contribution in [-0.2, 0) is 11.2 Å². The summed E-state index contributed by atoms with van der Waals surface area (Å²) in [7, 11) is 0. The number of rotatable bonds is 3. The fourth-order valence-corrected chi connectivity index (χ4v) is 3.69. The molecule has 25 heavy (non-hydrogen) atoms. The summed E-state index contributed by atoms with van der Waals surface area (Å²) >= 11 is 6.42. The van der Waals surface area contributed by atoms with Crippen LogP contribution in [0.5, 0.6) is 0 Å². The first kappa shape index (κ1) is 15.9. The molecule has 1 aliphatic rings. The van der Waals surface area contributed by atoms with Crippen LogP contribution in [0.3, 0.4) is 0 Å². The van der Waals surface area contributed by atoms with Gasteiger partial charge in [0.25, 0.3) is 5.56 Å². The van der Waals surface area contributed by atoms with Gasteiger partial charge in [0.15, 0.2) is 0 Å². The quantitative estimate of drug-likeness (QED) is 0.754. The van der Waals surface area contributed by atoms with E-state index in [1.54, 1.807) is 0 Å². The Morgan fingerprint density at radius 3 is 2.68 bits per heavy atom. The first-order chi connectivity index (χ1) is 12.1. The van der Waals surface area contributed by atoms with E-state index in [1.807, 2.05) is 48.5 Å². The summed E-state index contributed by atoms with van der Waals surface area (Å²) in [4.78, 5) is 26.6. The van der Waals surface area contributed by atoms with Crippen molar-refractivity contribution in [2.24, 2.45) is 0 Å². The van der Waals surface area contributed by atoms with E-state index in [2.05, 4.69) is 10.3 Å². The van der Waals surface area contributed by atoms with E-state index in [-0.39, 0.29) is 17.5 Å². The summed E-state index contributed by atoms with van der Waals surface area (Å²) in [6, 6.07) is 15.4. The fraction of sp³-hybridized carbons (Fsp3) is 0.200. The van der Waals surface area contributed by atoms with E-state index in [4.69, 9.17) is 11.6 Å². The number of hydrogen-bond acceptors (Lipinski definition) is 2. The summed E-state index contributed by atoms with van der Waals surface area (Å²) in [6.45, 7) is 0. The highest BCUT2D eigenvalue weighted by molar-refractivity contribution is 6.31. The number of H-pyrrole nitrogens is 1. The number of halogens is 1. The molecule has 3 aromatic rings. The van der Waals surface area contributed by atoms with Crippen LogP contribution in [0.25, 0.3) is 10.9 Å². The van der Waals surface area contributed by atoms with Crippen LogP contribution in [0.15, 0.2) is 53.3 Å². The Kier molecular flexibility index (Phi) is 4.06. The number of amides is 1. The molecule has 4 rings (SSSR count). The molecule has 126 valence electrons. The number of aromatic amines is 1. The number of benzene rings is 2. The van der Waals surface area contributed by atoms with Crippen molar-refractivity contribution >= 4 is 28.4 Å². The van der Waals surface area contributed by atoms with Crippen molar-refractivity contribution < 1.29 is 4.79 Å². The van der Waals surface area contributed by atoms with E-state index in [1.165, 1.54) is 0 Å². The maximum absolute atomic E-state index is 12.3. The maximum atomic E-state index is 12.3. The zero-order valence-electron chi connectivity index (χ0n) is 13.5. The van der Waals surface area contributed by atoms with Gasteiger partial charge in [-0.1, -0.05) is 41.9 Å².